The second-order valence-corrected chi connectivity index (χ2v) is 6.29. The lowest BCUT2D eigenvalue weighted by Crippen LogP contribution is -2.24. The summed E-state index contributed by atoms with van der Waals surface area (Å²) in [5, 5.41) is 3.33. The van der Waals surface area contributed by atoms with Crippen LogP contribution in [0.1, 0.15) is 24.1 Å². The first-order chi connectivity index (χ1) is 10.1. The topological polar surface area (TPSA) is 15.3 Å². The van der Waals surface area contributed by atoms with E-state index in [1.54, 1.807) is 0 Å². The Morgan fingerprint density at radius 1 is 1.14 bits per heavy atom. The highest BCUT2D eigenvalue weighted by Gasteiger charge is 2.12. The first-order valence-electron chi connectivity index (χ1n) is 7.33. The Kier molecular flexibility index (Phi) is 5.83. The molecule has 21 heavy (non-hydrogen) atoms. The summed E-state index contributed by atoms with van der Waals surface area (Å²) in [5.41, 5.74) is 3.99. The number of nitrogens with one attached hydrogen (secondary N) is 1. The minimum Gasteiger partial charge on any atom is -0.374 e. The molecule has 0 spiro atoms. The number of nitrogens with zero attached hydrogens (tertiary/aromatic N) is 1. The molecule has 0 aliphatic carbocycles. The van der Waals surface area contributed by atoms with Crippen molar-refractivity contribution in [2.45, 2.75) is 19.4 Å². The predicted molar refractivity (Wildman–Crippen MR) is 95.0 cm³/mol. The van der Waals surface area contributed by atoms with E-state index in [4.69, 9.17) is 0 Å². The van der Waals surface area contributed by atoms with E-state index >= 15 is 0 Å². The molecule has 112 valence electrons. The minimum absolute atomic E-state index is 0.340. The van der Waals surface area contributed by atoms with Crippen molar-refractivity contribution in [1.29, 1.82) is 0 Å². The molecule has 0 radical (unpaired) electrons. The van der Waals surface area contributed by atoms with Crippen LogP contribution < -0.4 is 10.2 Å². The molecule has 0 bridgehead atoms. The van der Waals surface area contributed by atoms with E-state index in [9.17, 15) is 0 Å². The third kappa shape index (κ3) is 4.32. The third-order valence-electron chi connectivity index (χ3n) is 3.88. The number of benzene rings is 2. The molecule has 2 nitrogen and oxygen atoms in total. The first kappa shape index (κ1) is 16.1. The summed E-state index contributed by atoms with van der Waals surface area (Å²) in [7, 11) is 4.16. The minimum atomic E-state index is 0.340. The standard InChI is InChI=1S/C18H23BrN2/c1-14(20-2)17-10-9-16(19)13-18(17)21(3)12-11-15-7-5-4-6-8-15/h4-10,13-14,20H,11-12H2,1-3H3. The van der Waals surface area contributed by atoms with Gasteiger partial charge in [0.25, 0.3) is 0 Å². The van der Waals surface area contributed by atoms with E-state index in [0.717, 1.165) is 17.4 Å². The molecule has 0 saturated heterocycles. The molecule has 1 N–H and O–H groups in total. The van der Waals surface area contributed by atoms with Crippen molar-refractivity contribution in [3.63, 3.8) is 0 Å². The Bertz CT molecular complexity index is 569. The zero-order chi connectivity index (χ0) is 15.2. The number of anilines is 1. The van der Waals surface area contributed by atoms with Crippen molar-refractivity contribution >= 4 is 21.6 Å². The van der Waals surface area contributed by atoms with Crippen LogP contribution in [0.5, 0.6) is 0 Å². The molecular formula is C18H23BrN2. The number of hydrogen-bond acceptors (Lipinski definition) is 2. The SMILES string of the molecule is CNC(C)c1ccc(Br)cc1N(C)CCc1ccccc1. The largest absolute Gasteiger partial charge is 0.374 e. The van der Waals surface area contributed by atoms with Gasteiger partial charge < -0.3 is 10.2 Å². The lowest BCUT2D eigenvalue weighted by Gasteiger charge is -2.25. The third-order valence-corrected chi connectivity index (χ3v) is 4.38. The highest BCUT2D eigenvalue weighted by atomic mass is 79.9. The van der Waals surface area contributed by atoms with Gasteiger partial charge in [0.15, 0.2) is 0 Å². The van der Waals surface area contributed by atoms with Gasteiger partial charge in [0.2, 0.25) is 0 Å². The highest BCUT2D eigenvalue weighted by molar-refractivity contribution is 9.10. The van der Waals surface area contributed by atoms with Crippen LogP contribution in [-0.4, -0.2) is 20.6 Å². The summed E-state index contributed by atoms with van der Waals surface area (Å²) in [5.74, 6) is 0. The van der Waals surface area contributed by atoms with Crippen molar-refractivity contribution in [3.05, 3.63) is 64.1 Å². The van der Waals surface area contributed by atoms with Gasteiger partial charge in [-0.1, -0.05) is 52.3 Å². The monoisotopic (exact) mass is 346 g/mol. The van der Waals surface area contributed by atoms with Crippen molar-refractivity contribution in [3.8, 4) is 0 Å². The molecule has 3 heteroatoms. The lowest BCUT2D eigenvalue weighted by molar-refractivity contribution is 0.649. The second kappa shape index (κ2) is 7.62. The molecule has 0 fully saturated rings. The average molecular weight is 347 g/mol. The van der Waals surface area contributed by atoms with Crippen LogP contribution in [0.2, 0.25) is 0 Å². The first-order valence-corrected chi connectivity index (χ1v) is 8.13. The molecular weight excluding hydrogens is 324 g/mol. The van der Waals surface area contributed by atoms with Crippen LogP contribution in [0.4, 0.5) is 5.69 Å². The van der Waals surface area contributed by atoms with Gasteiger partial charge in [-0.3, -0.25) is 0 Å². The Morgan fingerprint density at radius 3 is 2.52 bits per heavy atom. The molecule has 1 atom stereocenters. The maximum atomic E-state index is 3.58. The van der Waals surface area contributed by atoms with Crippen molar-refractivity contribution in [1.82, 2.24) is 5.32 Å². The van der Waals surface area contributed by atoms with E-state index in [0.29, 0.717) is 6.04 Å². The van der Waals surface area contributed by atoms with Gasteiger partial charge >= 0.3 is 0 Å². The number of rotatable bonds is 6. The quantitative estimate of drug-likeness (QED) is 0.833. The highest BCUT2D eigenvalue weighted by Crippen LogP contribution is 2.29. The van der Waals surface area contributed by atoms with Crippen LogP contribution in [0.25, 0.3) is 0 Å². The second-order valence-electron chi connectivity index (χ2n) is 5.37. The number of likely N-dealkylation sites (N-methyl/N-ethyl adjacent to an activating group) is 1. The van der Waals surface area contributed by atoms with Gasteiger partial charge in [0, 0.05) is 29.8 Å². The summed E-state index contributed by atoms with van der Waals surface area (Å²) in [6, 6.07) is 17.5. The molecule has 2 aromatic carbocycles. The molecule has 0 aliphatic rings. The molecule has 0 aromatic heterocycles. The van der Waals surface area contributed by atoms with E-state index in [-0.39, 0.29) is 0 Å². The van der Waals surface area contributed by atoms with Gasteiger partial charge in [-0.25, -0.2) is 0 Å². The molecule has 2 rings (SSSR count). The van der Waals surface area contributed by atoms with Gasteiger partial charge in [-0.05, 0) is 43.7 Å². The van der Waals surface area contributed by atoms with E-state index in [1.807, 2.05) is 7.05 Å². The van der Waals surface area contributed by atoms with Crippen LogP contribution in [-0.2, 0) is 6.42 Å². The molecule has 0 aliphatic heterocycles. The van der Waals surface area contributed by atoms with Crippen LogP contribution in [0, 0.1) is 0 Å². The Balaban J connectivity index is 2.14. The zero-order valence-electron chi connectivity index (χ0n) is 12.9. The van der Waals surface area contributed by atoms with E-state index in [2.05, 4.69) is 88.6 Å². The molecule has 0 heterocycles. The Hall–Kier alpha value is -1.32. The molecule has 1 unspecified atom stereocenters. The van der Waals surface area contributed by atoms with Crippen LogP contribution in [0.15, 0.2) is 53.0 Å². The summed E-state index contributed by atoms with van der Waals surface area (Å²) >= 11 is 3.58. The number of halogens is 1. The van der Waals surface area contributed by atoms with Crippen molar-refractivity contribution < 1.29 is 0 Å². The smallest absolute Gasteiger partial charge is 0.0423 e. The fraction of sp³-hybridized carbons (Fsp3) is 0.333. The predicted octanol–water partition coefficient (Wildman–Crippen LogP) is 4.41. The molecule has 0 amide bonds. The number of hydrogen-bond donors (Lipinski definition) is 1. The zero-order valence-corrected chi connectivity index (χ0v) is 14.5. The maximum absolute atomic E-state index is 3.58. The van der Waals surface area contributed by atoms with E-state index in [1.165, 1.54) is 16.8 Å². The normalized spacial score (nSPS) is 12.2. The van der Waals surface area contributed by atoms with Gasteiger partial charge in [-0.2, -0.15) is 0 Å². The fourth-order valence-electron chi connectivity index (χ4n) is 2.43. The van der Waals surface area contributed by atoms with Crippen molar-refractivity contribution in [2.24, 2.45) is 0 Å². The maximum Gasteiger partial charge on any atom is 0.0423 e. The summed E-state index contributed by atoms with van der Waals surface area (Å²) in [6.45, 7) is 3.20. The van der Waals surface area contributed by atoms with Gasteiger partial charge in [0.1, 0.15) is 0 Å². The van der Waals surface area contributed by atoms with Crippen molar-refractivity contribution in [2.75, 3.05) is 25.5 Å². The summed E-state index contributed by atoms with van der Waals surface area (Å²) in [4.78, 5) is 2.33. The van der Waals surface area contributed by atoms with E-state index < -0.39 is 0 Å². The molecule has 0 saturated carbocycles. The van der Waals surface area contributed by atoms with Crippen LogP contribution in [0.3, 0.4) is 0 Å². The van der Waals surface area contributed by atoms with Gasteiger partial charge in [-0.15, -0.1) is 0 Å². The lowest BCUT2D eigenvalue weighted by atomic mass is 10.0. The van der Waals surface area contributed by atoms with Crippen LogP contribution >= 0.6 is 15.9 Å². The van der Waals surface area contributed by atoms with Gasteiger partial charge in [0.05, 0.1) is 0 Å². The summed E-state index contributed by atoms with van der Waals surface area (Å²) < 4.78 is 1.12. The Labute approximate surface area is 136 Å². The summed E-state index contributed by atoms with van der Waals surface area (Å²) in [6.07, 6.45) is 1.05. The fourth-order valence-corrected chi connectivity index (χ4v) is 2.78. The average Bonchev–Trinajstić information content (AvgIpc) is 2.52. The Morgan fingerprint density at radius 2 is 1.86 bits per heavy atom. The molecule has 2 aromatic rings.